The fourth-order valence-electron chi connectivity index (χ4n) is 2.36. The van der Waals surface area contributed by atoms with E-state index in [0.29, 0.717) is 21.8 Å². The van der Waals surface area contributed by atoms with E-state index in [-0.39, 0.29) is 11.1 Å². The van der Waals surface area contributed by atoms with E-state index >= 15 is 0 Å². The van der Waals surface area contributed by atoms with Crippen LogP contribution in [0, 0.1) is 10.1 Å². The number of methoxy groups -OCH3 is 1. The molecule has 0 fully saturated rings. The van der Waals surface area contributed by atoms with Crippen LogP contribution in [0.15, 0.2) is 53.3 Å². The summed E-state index contributed by atoms with van der Waals surface area (Å²) < 4.78 is 5.25. The van der Waals surface area contributed by atoms with Gasteiger partial charge in [0.15, 0.2) is 5.43 Å². The highest BCUT2D eigenvalue weighted by Crippen LogP contribution is 2.18. The minimum absolute atomic E-state index is 0.0173. The van der Waals surface area contributed by atoms with Gasteiger partial charge in [0.1, 0.15) is 5.75 Å². The van der Waals surface area contributed by atoms with E-state index in [1.807, 2.05) is 24.3 Å². The van der Waals surface area contributed by atoms with Gasteiger partial charge in [0.25, 0.3) is 5.69 Å². The van der Waals surface area contributed by atoms with E-state index in [9.17, 15) is 14.9 Å². The van der Waals surface area contributed by atoms with Crippen molar-refractivity contribution in [2.45, 2.75) is 0 Å². The van der Waals surface area contributed by atoms with Crippen LogP contribution in [0.1, 0.15) is 11.1 Å². The van der Waals surface area contributed by atoms with Crippen molar-refractivity contribution in [3.63, 3.8) is 0 Å². The molecule has 0 aliphatic carbocycles. The molecular formula is C18H13NO4. The lowest BCUT2D eigenvalue weighted by Gasteiger charge is -2.01. The van der Waals surface area contributed by atoms with Gasteiger partial charge in [-0.15, -0.1) is 0 Å². The van der Waals surface area contributed by atoms with Gasteiger partial charge in [-0.05, 0) is 24.3 Å². The third-order valence-corrected chi connectivity index (χ3v) is 3.59. The molecule has 3 rings (SSSR count). The fraction of sp³-hybridized carbons (Fsp3) is 0.0556. The molecule has 0 amide bonds. The number of nitro benzene ring substituents is 1. The van der Waals surface area contributed by atoms with E-state index in [4.69, 9.17) is 4.74 Å². The van der Waals surface area contributed by atoms with Crippen LogP contribution in [0.5, 0.6) is 5.75 Å². The summed E-state index contributed by atoms with van der Waals surface area (Å²) in [5.74, 6) is 0.671. The van der Waals surface area contributed by atoms with Crippen molar-refractivity contribution < 1.29 is 9.66 Å². The van der Waals surface area contributed by atoms with Crippen molar-refractivity contribution in [3.8, 4) is 5.75 Å². The van der Waals surface area contributed by atoms with Crippen LogP contribution in [0.4, 0.5) is 5.69 Å². The lowest BCUT2D eigenvalue weighted by molar-refractivity contribution is -0.385. The molecule has 0 heterocycles. The number of hydrogen-bond donors (Lipinski definition) is 0. The van der Waals surface area contributed by atoms with Gasteiger partial charge in [0.05, 0.1) is 17.6 Å². The van der Waals surface area contributed by atoms with E-state index in [2.05, 4.69) is 0 Å². The molecule has 3 aromatic rings. The first kappa shape index (κ1) is 14.7. The Balaban J connectivity index is 2.09. The topological polar surface area (TPSA) is 69.4 Å². The second-order valence-electron chi connectivity index (χ2n) is 5.00. The zero-order chi connectivity index (χ0) is 16.4. The molecule has 0 bridgehead atoms. The molecule has 5 nitrogen and oxygen atoms in total. The molecule has 0 saturated heterocycles. The maximum atomic E-state index is 12.0. The summed E-state index contributed by atoms with van der Waals surface area (Å²) in [6.45, 7) is 0. The van der Waals surface area contributed by atoms with Crippen LogP contribution in [-0.2, 0) is 0 Å². The van der Waals surface area contributed by atoms with Crippen molar-refractivity contribution in [3.05, 3.63) is 90.4 Å². The number of hydrogen-bond acceptors (Lipinski definition) is 4. The number of para-hydroxylation sites is 2. The first-order chi connectivity index (χ1) is 11.1. The molecule has 0 unspecified atom stereocenters. The summed E-state index contributed by atoms with van der Waals surface area (Å²) in [5.41, 5.74) is 1.10. The SMILES string of the molecule is COc1ccccc1/C=c1\c(=O)\c1=C\c1ccccc1[N+](=O)[O-]. The Morgan fingerprint density at radius 3 is 2.17 bits per heavy atom. The lowest BCUT2D eigenvalue weighted by Crippen LogP contribution is -2.00. The number of ether oxygens (including phenoxy) is 1. The van der Waals surface area contributed by atoms with Crippen molar-refractivity contribution in [2.75, 3.05) is 7.11 Å². The maximum absolute atomic E-state index is 12.0. The highest BCUT2D eigenvalue weighted by molar-refractivity contribution is 5.65. The zero-order valence-corrected chi connectivity index (χ0v) is 12.4. The summed E-state index contributed by atoms with van der Waals surface area (Å²) in [7, 11) is 1.57. The molecule has 0 N–H and O–H groups in total. The standard InChI is InChI=1S/C18H13NO4/c1-23-17-9-5-3-7-13(17)11-15-14(18(15)20)10-12-6-2-4-8-16(12)19(21)22/h2-11H,1H3/b14-10+,15-11-. The van der Waals surface area contributed by atoms with Gasteiger partial charge in [0, 0.05) is 22.1 Å². The highest BCUT2D eigenvalue weighted by Gasteiger charge is 2.13. The normalized spacial score (nSPS) is 12.7. The van der Waals surface area contributed by atoms with Crippen LogP contribution in [0.25, 0.3) is 12.2 Å². The van der Waals surface area contributed by atoms with Crippen molar-refractivity contribution in [1.82, 2.24) is 0 Å². The first-order valence-corrected chi connectivity index (χ1v) is 6.96. The lowest BCUT2D eigenvalue weighted by atomic mass is 10.1. The van der Waals surface area contributed by atoms with Crippen molar-refractivity contribution >= 4 is 17.8 Å². The summed E-state index contributed by atoms with van der Waals surface area (Å²) in [6.07, 6.45) is 3.30. The van der Waals surface area contributed by atoms with E-state index in [1.54, 1.807) is 37.5 Å². The minimum Gasteiger partial charge on any atom is -0.496 e. The van der Waals surface area contributed by atoms with Gasteiger partial charge < -0.3 is 4.74 Å². The summed E-state index contributed by atoms with van der Waals surface area (Å²) in [5, 5.41) is 12.1. The minimum atomic E-state index is -0.455. The van der Waals surface area contributed by atoms with Crippen molar-refractivity contribution in [2.24, 2.45) is 0 Å². The number of benzene rings is 2. The van der Waals surface area contributed by atoms with Gasteiger partial charge in [0.2, 0.25) is 0 Å². The molecule has 5 heteroatoms. The largest absolute Gasteiger partial charge is 0.496 e. The molecular weight excluding hydrogens is 294 g/mol. The Morgan fingerprint density at radius 1 is 0.957 bits per heavy atom. The molecule has 0 spiro atoms. The smallest absolute Gasteiger partial charge is 0.276 e. The average Bonchev–Trinajstić information content (AvgIpc) is 3.16. The predicted molar refractivity (Wildman–Crippen MR) is 87.6 cm³/mol. The summed E-state index contributed by atoms with van der Waals surface area (Å²) in [4.78, 5) is 22.5. The molecule has 0 radical (unpaired) electrons. The Labute approximate surface area is 131 Å². The fourth-order valence-corrected chi connectivity index (χ4v) is 2.36. The second-order valence-corrected chi connectivity index (χ2v) is 5.00. The third-order valence-electron chi connectivity index (χ3n) is 3.59. The van der Waals surface area contributed by atoms with Gasteiger partial charge in [-0.3, -0.25) is 14.9 Å². The third kappa shape index (κ3) is 2.89. The molecule has 114 valence electrons. The Hall–Kier alpha value is -3.21. The molecule has 0 aliphatic heterocycles. The quantitative estimate of drug-likeness (QED) is 0.541. The van der Waals surface area contributed by atoms with Crippen LogP contribution >= 0.6 is 0 Å². The van der Waals surface area contributed by atoms with Crippen LogP contribution in [0.2, 0.25) is 0 Å². The monoisotopic (exact) mass is 307 g/mol. The Morgan fingerprint density at radius 2 is 1.52 bits per heavy atom. The van der Waals surface area contributed by atoms with Crippen LogP contribution < -0.4 is 20.6 Å². The van der Waals surface area contributed by atoms with Crippen LogP contribution in [0.3, 0.4) is 0 Å². The Bertz CT molecular complexity index is 1010. The molecule has 0 atom stereocenters. The highest BCUT2D eigenvalue weighted by atomic mass is 16.6. The molecule has 0 aromatic heterocycles. The molecule has 3 aromatic carbocycles. The molecule has 0 saturated carbocycles. The molecule has 23 heavy (non-hydrogen) atoms. The Kier molecular flexibility index (Phi) is 3.76. The van der Waals surface area contributed by atoms with Gasteiger partial charge in [-0.1, -0.05) is 30.3 Å². The predicted octanol–water partition coefficient (Wildman–Crippen LogP) is 1.50. The maximum Gasteiger partial charge on any atom is 0.276 e. The summed E-state index contributed by atoms with van der Waals surface area (Å²) in [6, 6.07) is 13.7. The van der Waals surface area contributed by atoms with Crippen LogP contribution in [-0.4, -0.2) is 12.0 Å². The van der Waals surface area contributed by atoms with E-state index < -0.39 is 4.92 Å². The van der Waals surface area contributed by atoms with E-state index in [1.165, 1.54) is 6.07 Å². The molecule has 0 aliphatic rings. The van der Waals surface area contributed by atoms with Gasteiger partial charge in [-0.25, -0.2) is 0 Å². The average molecular weight is 307 g/mol. The first-order valence-electron chi connectivity index (χ1n) is 6.96. The van der Waals surface area contributed by atoms with Gasteiger partial charge >= 0.3 is 0 Å². The second kappa shape index (κ2) is 5.88. The number of nitro groups is 1. The van der Waals surface area contributed by atoms with E-state index in [0.717, 1.165) is 5.56 Å². The zero-order valence-electron chi connectivity index (χ0n) is 12.4. The van der Waals surface area contributed by atoms with Gasteiger partial charge in [-0.2, -0.15) is 0 Å². The summed E-state index contributed by atoms with van der Waals surface area (Å²) >= 11 is 0. The number of nitrogens with zero attached hydrogens (tertiary/aromatic N) is 1. The number of rotatable bonds is 4. The van der Waals surface area contributed by atoms with Crippen molar-refractivity contribution in [1.29, 1.82) is 0 Å².